The Labute approximate surface area is 152 Å². The molecular formula is C19H21NO3S2. The molecule has 1 amide bonds. The van der Waals surface area contributed by atoms with Crippen molar-refractivity contribution in [1.29, 1.82) is 0 Å². The molecule has 0 spiro atoms. The van der Waals surface area contributed by atoms with Crippen LogP contribution in [0.2, 0.25) is 0 Å². The Morgan fingerprint density at radius 3 is 2.32 bits per heavy atom. The molecule has 1 aromatic heterocycles. The first kappa shape index (κ1) is 16.8. The van der Waals surface area contributed by atoms with E-state index in [0.717, 1.165) is 17.7 Å². The maximum atomic E-state index is 12.9. The fraction of sp³-hybridized carbons (Fsp3) is 0.421. The molecular weight excluding hydrogens is 354 g/mol. The van der Waals surface area contributed by atoms with Crippen LogP contribution in [-0.4, -0.2) is 36.6 Å². The molecule has 2 fully saturated rings. The van der Waals surface area contributed by atoms with Gasteiger partial charge in [-0.25, -0.2) is 8.42 Å². The number of thiophene rings is 1. The molecule has 0 radical (unpaired) electrons. The van der Waals surface area contributed by atoms with E-state index in [4.69, 9.17) is 0 Å². The van der Waals surface area contributed by atoms with E-state index >= 15 is 0 Å². The average molecular weight is 376 g/mol. The Kier molecular flexibility index (Phi) is 4.41. The Hall–Kier alpha value is -1.66. The van der Waals surface area contributed by atoms with E-state index < -0.39 is 9.84 Å². The number of carbonyl (C=O) groups excluding carboxylic acids is 1. The molecule has 2 atom stereocenters. The van der Waals surface area contributed by atoms with Crippen LogP contribution in [0.15, 0.2) is 52.7 Å². The molecule has 25 heavy (non-hydrogen) atoms. The van der Waals surface area contributed by atoms with Crippen LogP contribution in [0.5, 0.6) is 0 Å². The zero-order valence-electron chi connectivity index (χ0n) is 13.9. The van der Waals surface area contributed by atoms with Gasteiger partial charge in [-0.3, -0.25) is 4.79 Å². The highest BCUT2D eigenvalue weighted by molar-refractivity contribution is 7.92. The van der Waals surface area contributed by atoms with Gasteiger partial charge in [0.25, 0.3) is 0 Å². The summed E-state index contributed by atoms with van der Waals surface area (Å²) in [5.74, 6) is 0.144. The summed E-state index contributed by atoms with van der Waals surface area (Å²) < 4.78 is 25.9. The third-order valence-corrected chi connectivity index (χ3v) is 8.46. The molecule has 0 aliphatic carbocycles. The van der Waals surface area contributed by atoms with E-state index in [-0.39, 0.29) is 23.2 Å². The van der Waals surface area contributed by atoms with Crippen LogP contribution < -0.4 is 0 Å². The smallest absolute Gasteiger partial charge is 0.228 e. The van der Waals surface area contributed by atoms with Gasteiger partial charge in [0.15, 0.2) is 9.84 Å². The summed E-state index contributed by atoms with van der Waals surface area (Å²) in [6.07, 6.45) is 3.39. The minimum absolute atomic E-state index is 0.0645. The van der Waals surface area contributed by atoms with E-state index in [0.29, 0.717) is 24.2 Å². The van der Waals surface area contributed by atoms with Gasteiger partial charge in [-0.15, -0.1) is 11.3 Å². The molecule has 132 valence electrons. The summed E-state index contributed by atoms with van der Waals surface area (Å²) in [5, 5.41) is 1.61. The van der Waals surface area contributed by atoms with Crippen LogP contribution in [-0.2, 0) is 21.1 Å². The third kappa shape index (κ3) is 3.13. The molecule has 1 aromatic carbocycles. The van der Waals surface area contributed by atoms with Crippen molar-refractivity contribution in [2.24, 2.45) is 0 Å². The second-order valence-electron chi connectivity index (χ2n) is 6.89. The maximum absolute atomic E-state index is 12.9. The zero-order chi connectivity index (χ0) is 17.4. The summed E-state index contributed by atoms with van der Waals surface area (Å²) in [7, 11) is -3.32. The van der Waals surface area contributed by atoms with Crippen molar-refractivity contribution in [2.75, 3.05) is 0 Å². The highest BCUT2D eigenvalue weighted by Gasteiger charge is 2.46. The lowest BCUT2D eigenvalue weighted by Crippen LogP contribution is -2.50. The van der Waals surface area contributed by atoms with Crippen LogP contribution in [0, 0.1) is 0 Å². The van der Waals surface area contributed by atoms with Gasteiger partial charge in [-0.1, -0.05) is 24.3 Å². The second-order valence-corrected chi connectivity index (χ2v) is 10.2. The van der Waals surface area contributed by atoms with Crippen LogP contribution >= 0.6 is 11.3 Å². The SMILES string of the molecule is O=C(Cc1cccs1)N1[C@H]2CC[C@H]1CC(S(=O)(=O)c1ccccc1)C2. The Morgan fingerprint density at radius 1 is 1.04 bits per heavy atom. The molecule has 2 aromatic rings. The molecule has 4 rings (SSSR count). The first-order chi connectivity index (χ1) is 12.1. The predicted octanol–water partition coefficient (Wildman–Crippen LogP) is 3.29. The molecule has 2 aliphatic rings. The molecule has 2 aliphatic heterocycles. The van der Waals surface area contributed by atoms with Gasteiger partial charge in [0.05, 0.1) is 16.6 Å². The van der Waals surface area contributed by atoms with Crippen LogP contribution in [0.1, 0.15) is 30.6 Å². The number of amides is 1. The maximum Gasteiger partial charge on any atom is 0.228 e. The number of rotatable bonds is 4. The Morgan fingerprint density at radius 2 is 1.72 bits per heavy atom. The molecule has 3 heterocycles. The number of carbonyl (C=O) groups is 1. The highest BCUT2D eigenvalue weighted by Crippen LogP contribution is 2.40. The van der Waals surface area contributed by atoms with E-state index in [1.807, 2.05) is 28.5 Å². The first-order valence-electron chi connectivity index (χ1n) is 8.68. The molecule has 0 unspecified atom stereocenters. The molecule has 2 bridgehead atoms. The lowest BCUT2D eigenvalue weighted by molar-refractivity contribution is -0.134. The quantitative estimate of drug-likeness (QED) is 0.824. The number of nitrogens with zero attached hydrogens (tertiary/aromatic N) is 1. The van der Waals surface area contributed by atoms with Crippen molar-refractivity contribution in [2.45, 2.75) is 54.3 Å². The second kappa shape index (κ2) is 6.57. The zero-order valence-corrected chi connectivity index (χ0v) is 15.5. The fourth-order valence-electron chi connectivity index (χ4n) is 4.24. The third-order valence-electron chi connectivity index (χ3n) is 5.39. The average Bonchev–Trinajstić information content (AvgIpc) is 3.21. The lowest BCUT2D eigenvalue weighted by atomic mass is 10.0. The van der Waals surface area contributed by atoms with Gasteiger partial charge in [-0.05, 0) is 49.3 Å². The summed E-state index contributed by atoms with van der Waals surface area (Å²) in [5.41, 5.74) is 0. The van der Waals surface area contributed by atoms with E-state index in [1.54, 1.807) is 35.6 Å². The fourth-order valence-corrected chi connectivity index (χ4v) is 6.81. The molecule has 2 saturated heterocycles. The van der Waals surface area contributed by atoms with E-state index in [1.165, 1.54) is 0 Å². The molecule has 0 saturated carbocycles. The molecule has 6 heteroatoms. The Bertz CT molecular complexity index is 832. The van der Waals surface area contributed by atoms with Crippen molar-refractivity contribution in [1.82, 2.24) is 4.90 Å². The van der Waals surface area contributed by atoms with Crippen molar-refractivity contribution in [3.8, 4) is 0 Å². The lowest BCUT2D eigenvalue weighted by Gasteiger charge is -2.38. The van der Waals surface area contributed by atoms with Crippen LogP contribution in [0.25, 0.3) is 0 Å². The monoisotopic (exact) mass is 375 g/mol. The number of fused-ring (bicyclic) bond motifs is 2. The van der Waals surface area contributed by atoms with Gasteiger partial charge < -0.3 is 4.90 Å². The highest BCUT2D eigenvalue weighted by atomic mass is 32.2. The summed E-state index contributed by atoms with van der Waals surface area (Å²) in [4.78, 5) is 16.2. The van der Waals surface area contributed by atoms with Crippen molar-refractivity contribution in [3.05, 3.63) is 52.7 Å². The molecule has 4 nitrogen and oxygen atoms in total. The number of hydrogen-bond acceptors (Lipinski definition) is 4. The van der Waals surface area contributed by atoms with Crippen molar-refractivity contribution in [3.63, 3.8) is 0 Å². The summed E-state index contributed by atoms with van der Waals surface area (Å²) in [6, 6.07) is 12.8. The summed E-state index contributed by atoms with van der Waals surface area (Å²) >= 11 is 1.60. The van der Waals surface area contributed by atoms with E-state index in [2.05, 4.69) is 0 Å². The van der Waals surface area contributed by atoms with Crippen LogP contribution in [0.4, 0.5) is 0 Å². The minimum atomic E-state index is -3.32. The van der Waals surface area contributed by atoms with E-state index in [9.17, 15) is 13.2 Å². The van der Waals surface area contributed by atoms with Crippen LogP contribution in [0.3, 0.4) is 0 Å². The normalized spacial score (nSPS) is 25.9. The van der Waals surface area contributed by atoms with Gasteiger partial charge in [-0.2, -0.15) is 0 Å². The minimum Gasteiger partial charge on any atom is -0.336 e. The van der Waals surface area contributed by atoms with Gasteiger partial charge in [0.2, 0.25) is 5.91 Å². The topological polar surface area (TPSA) is 54.5 Å². The Balaban J connectivity index is 1.51. The van der Waals surface area contributed by atoms with Crippen molar-refractivity contribution >= 4 is 27.1 Å². The van der Waals surface area contributed by atoms with Gasteiger partial charge >= 0.3 is 0 Å². The van der Waals surface area contributed by atoms with Crippen molar-refractivity contribution < 1.29 is 13.2 Å². The summed E-state index contributed by atoms with van der Waals surface area (Å²) in [6.45, 7) is 0. The number of benzene rings is 1. The number of piperidine rings is 1. The molecule has 0 N–H and O–H groups in total. The number of hydrogen-bond donors (Lipinski definition) is 0. The van der Waals surface area contributed by atoms with Gasteiger partial charge in [0.1, 0.15) is 0 Å². The first-order valence-corrected chi connectivity index (χ1v) is 11.1. The largest absolute Gasteiger partial charge is 0.336 e. The van der Waals surface area contributed by atoms with Gasteiger partial charge in [0, 0.05) is 17.0 Å². The predicted molar refractivity (Wildman–Crippen MR) is 98.3 cm³/mol. The number of sulfone groups is 1. The standard InChI is InChI=1S/C19H21NO3S2/c21-19(13-16-5-4-10-24-16)20-14-8-9-15(20)12-18(11-14)25(22,23)17-6-2-1-3-7-17/h1-7,10,14-15,18H,8-9,11-13H2/t14-,15-/m0/s1.